The summed E-state index contributed by atoms with van der Waals surface area (Å²) in [7, 11) is 0. The van der Waals surface area contributed by atoms with Gasteiger partial charge in [-0.3, -0.25) is 14.7 Å². The molecule has 3 aromatic rings. The number of hydrogen-bond acceptors (Lipinski definition) is 5. The Labute approximate surface area is 145 Å². The van der Waals surface area contributed by atoms with Crippen LogP contribution in [-0.4, -0.2) is 43.5 Å². The second-order valence-corrected chi connectivity index (χ2v) is 6.42. The summed E-state index contributed by atoms with van der Waals surface area (Å²) in [6.45, 7) is 2.84. The number of fused-ring (bicyclic) bond motifs is 1. The third kappa shape index (κ3) is 3.10. The number of nitrogens with zero attached hydrogens (tertiary/aromatic N) is 5. The van der Waals surface area contributed by atoms with Crippen LogP contribution in [0.25, 0.3) is 5.65 Å². The summed E-state index contributed by atoms with van der Waals surface area (Å²) in [6, 6.07) is 8.00. The largest absolute Gasteiger partial charge is 0.365 e. The monoisotopic (exact) mass is 336 g/mol. The number of nitrogens with two attached hydrogens (primary N) is 1. The Morgan fingerprint density at radius 1 is 1.24 bits per heavy atom. The van der Waals surface area contributed by atoms with Crippen LogP contribution in [-0.2, 0) is 6.54 Å². The van der Waals surface area contributed by atoms with Crippen LogP contribution < -0.4 is 5.73 Å². The van der Waals surface area contributed by atoms with Gasteiger partial charge in [-0.2, -0.15) is 5.10 Å². The van der Waals surface area contributed by atoms with Crippen LogP contribution in [0.5, 0.6) is 0 Å². The molecule has 4 heterocycles. The molecule has 3 aromatic heterocycles. The van der Waals surface area contributed by atoms with Crippen LogP contribution in [0.3, 0.4) is 0 Å². The fourth-order valence-electron chi connectivity index (χ4n) is 3.55. The van der Waals surface area contributed by atoms with Crippen molar-refractivity contribution < 1.29 is 4.79 Å². The smallest absolute Gasteiger partial charge is 0.254 e. The van der Waals surface area contributed by atoms with E-state index >= 15 is 0 Å². The van der Waals surface area contributed by atoms with Crippen molar-refractivity contribution in [2.75, 3.05) is 13.1 Å². The number of pyridine rings is 1. The molecule has 0 aliphatic carbocycles. The molecule has 0 saturated carbocycles. The molecule has 1 fully saturated rings. The Balaban J connectivity index is 1.59. The van der Waals surface area contributed by atoms with E-state index in [1.807, 2.05) is 24.4 Å². The van der Waals surface area contributed by atoms with E-state index < -0.39 is 5.91 Å². The number of amides is 1. The fourth-order valence-corrected chi connectivity index (χ4v) is 3.55. The molecule has 1 atom stereocenters. The molecule has 1 aliphatic rings. The molecule has 0 spiro atoms. The van der Waals surface area contributed by atoms with Gasteiger partial charge in [-0.05, 0) is 37.6 Å². The highest BCUT2D eigenvalue weighted by Gasteiger charge is 2.25. The van der Waals surface area contributed by atoms with Gasteiger partial charge in [0, 0.05) is 31.4 Å². The minimum absolute atomic E-state index is 0.337. The lowest BCUT2D eigenvalue weighted by molar-refractivity contribution is 0.100. The van der Waals surface area contributed by atoms with E-state index in [1.54, 1.807) is 10.7 Å². The number of carbonyl (C=O) groups excluding carboxylic acids is 1. The van der Waals surface area contributed by atoms with Gasteiger partial charge in [0.25, 0.3) is 5.91 Å². The maximum Gasteiger partial charge on any atom is 0.254 e. The van der Waals surface area contributed by atoms with Crippen molar-refractivity contribution in [3.63, 3.8) is 0 Å². The molecule has 25 heavy (non-hydrogen) atoms. The summed E-state index contributed by atoms with van der Waals surface area (Å²) >= 11 is 0. The molecular weight excluding hydrogens is 316 g/mol. The van der Waals surface area contributed by atoms with E-state index in [9.17, 15) is 4.79 Å². The van der Waals surface area contributed by atoms with Gasteiger partial charge in [0.15, 0.2) is 5.65 Å². The predicted octanol–water partition coefficient (Wildman–Crippen LogP) is 1.60. The Kier molecular flexibility index (Phi) is 4.15. The zero-order valence-electron chi connectivity index (χ0n) is 13.9. The second-order valence-electron chi connectivity index (χ2n) is 6.42. The van der Waals surface area contributed by atoms with Gasteiger partial charge < -0.3 is 5.73 Å². The summed E-state index contributed by atoms with van der Waals surface area (Å²) in [4.78, 5) is 22.7. The first kappa shape index (κ1) is 15.7. The molecular formula is C18H20N6O. The molecule has 7 heteroatoms. The molecule has 1 amide bonds. The molecule has 0 aromatic carbocycles. The first-order valence-corrected chi connectivity index (χ1v) is 8.47. The van der Waals surface area contributed by atoms with Crippen molar-refractivity contribution in [1.29, 1.82) is 0 Å². The van der Waals surface area contributed by atoms with Crippen molar-refractivity contribution in [2.24, 2.45) is 5.73 Å². The van der Waals surface area contributed by atoms with Crippen LogP contribution in [0.4, 0.5) is 0 Å². The van der Waals surface area contributed by atoms with Crippen molar-refractivity contribution in [2.45, 2.75) is 25.3 Å². The first-order valence-electron chi connectivity index (χ1n) is 8.47. The Morgan fingerprint density at radius 3 is 2.96 bits per heavy atom. The summed E-state index contributed by atoms with van der Waals surface area (Å²) < 4.78 is 1.76. The van der Waals surface area contributed by atoms with E-state index in [1.165, 1.54) is 6.20 Å². The lowest BCUT2D eigenvalue weighted by Gasteiger charge is -2.32. The van der Waals surface area contributed by atoms with Crippen LogP contribution in [0.2, 0.25) is 0 Å². The average molecular weight is 336 g/mol. The number of piperidine rings is 1. The summed E-state index contributed by atoms with van der Waals surface area (Å²) in [5.74, 6) is -0.163. The minimum Gasteiger partial charge on any atom is -0.365 e. The first-order chi connectivity index (χ1) is 12.2. The van der Waals surface area contributed by atoms with Gasteiger partial charge in [0.2, 0.25) is 0 Å². The molecule has 1 aliphatic heterocycles. The third-order valence-corrected chi connectivity index (χ3v) is 4.73. The summed E-state index contributed by atoms with van der Waals surface area (Å²) in [5.41, 5.74) is 8.47. The fraction of sp³-hybridized carbons (Fsp3) is 0.333. The topological polar surface area (TPSA) is 89.4 Å². The number of rotatable bonds is 4. The van der Waals surface area contributed by atoms with Crippen molar-refractivity contribution >= 4 is 11.6 Å². The number of aromatic nitrogens is 4. The molecule has 0 bridgehead atoms. The van der Waals surface area contributed by atoms with Crippen LogP contribution in [0, 0.1) is 0 Å². The Morgan fingerprint density at radius 2 is 2.16 bits per heavy atom. The quantitative estimate of drug-likeness (QED) is 0.782. The minimum atomic E-state index is -0.500. The van der Waals surface area contributed by atoms with E-state index in [2.05, 4.69) is 26.0 Å². The molecule has 4 rings (SSSR count). The van der Waals surface area contributed by atoms with Crippen molar-refractivity contribution in [1.82, 2.24) is 24.5 Å². The highest BCUT2D eigenvalue weighted by atomic mass is 16.1. The molecule has 1 saturated heterocycles. The molecule has 2 N–H and O–H groups in total. The van der Waals surface area contributed by atoms with Crippen LogP contribution in [0.1, 0.15) is 40.5 Å². The van der Waals surface area contributed by atoms with Gasteiger partial charge >= 0.3 is 0 Å². The zero-order chi connectivity index (χ0) is 17.2. The Hall–Kier alpha value is -2.80. The van der Waals surface area contributed by atoms with Gasteiger partial charge in [-0.15, -0.1) is 0 Å². The van der Waals surface area contributed by atoms with E-state index in [0.717, 1.165) is 43.9 Å². The standard InChI is InChI=1S/C18H20N6O/c19-17(25)15-10-22-24-16(6-8-21-18(15)24)13-4-3-9-23(11-13)12-14-5-1-2-7-20-14/h1-2,5-8,10,13H,3-4,9,11-12H2,(H2,19,25). The molecule has 7 nitrogen and oxygen atoms in total. The average Bonchev–Trinajstić information content (AvgIpc) is 3.07. The maximum atomic E-state index is 11.5. The summed E-state index contributed by atoms with van der Waals surface area (Å²) in [6.07, 6.45) is 7.27. The number of hydrogen-bond donors (Lipinski definition) is 1. The predicted molar refractivity (Wildman–Crippen MR) is 93.0 cm³/mol. The SMILES string of the molecule is NC(=O)c1cnn2c(C3CCCN(Cc4ccccn4)C3)ccnc12. The van der Waals surface area contributed by atoms with E-state index in [0.29, 0.717) is 17.1 Å². The lowest BCUT2D eigenvalue weighted by Crippen LogP contribution is -2.34. The van der Waals surface area contributed by atoms with Crippen molar-refractivity contribution in [3.8, 4) is 0 Å². The molecule has 1 unspecified atom stereocenters. The lowest BCUT2D eigenvalue weighted by atomic mass is 9.94. The normalized spacial score (nSPS) is 18.5. The molecule has 128 valence electrons. The van der Waals surface area contributed by atoms with Crippen LogP contribution in [0.15, 0.2) is 42.9 Å². The number of primary amides is 1. The van der Waals surface area contributed by atoms with Gasteiger partial charge in [-0.25, -0.2) is 9.50 Å². The number of carbonyl (C=O) groups is 1. The highest BCUT2D eigenvalue weighted by molar-refractivity contribution is 5.98. The molecule has 0 radical (unpaired) electrons. The summed E-state index contributed by atoms with van der Waals surface area (Å²) in [5, 5.41) is 4.35. The van der Waals surface area contributed by atoms with Gasteiger partial charge in [0.05, 0.1) is 17.6 Å². The third-order valence-electron chi connectivity index (χ3n) is 4.73. The van der Waals surface area contributed by atoms with Crippen LogP contribution >= 0.6 is 0 Å². The van der Waals surface area contributed by atoms with Gasteiger partial charge in [-0.1, -0.05) is 6.07 Å². The maximum absolute atomic E-state index is 11.5. The van der Waals surface area contributed by atoms with Gasteiger partial charge in [0.1, 0.15) is 5.56 Å². The second kappa shape index (κ2) is 6.60. The van der Waals surface area contributed by atoms with E-state index in [-0.39, 0.29) is 0 Å². The highest BCUT2D eigenvalue weighted by Crippen LogP contribution is 2.28. The van der Waals surface area contributed by atoms with Crippen molar-refractivity contribution in [3.05, 3.63) is 59.8 Å². The van der Waals surface area contributed by atoms with E-state index in [4.69, 9.17) is 5.73 Å². The Bertz CT molecular complexity index is 891. The number of likely N-dealkylation sites (tertiary alicyclic amines) is 1. The zero-order valence-corrected chi connectivity index (χ0v) is 13.9.